The van der Waals surface area contributed by atoms with E-state index in [1.54, 1.807) is 11.8 Å². The first-order valence-corrected chi connectivity index (χ1v) is 11.7. The Morgan fingerprint density at radius 3 is 2.84 bits per heavy atom. The van der Waals surface area contributed by atoms with Crippen molar-refractivity contribution in [2.45, 2.75) is 56.8 Å². The van der Waals surface area contributed by atoms with Crippen LogP contribution in [0, 0.1) is 23.6 Å². The molecule has 1 amide bonds. The predicted molar refractivity (Wildman–Crippen MR) is 121 cm³/mol. The van der Waals surface area contributed by atoms with Crippen LogP contribution in [0.3, 0.4) is 0 Å². The van der Waals surface area contributed by atoms with E-state index in [0.29, 0.717) is 28.2 Å². The van der Waals surface area contributed by atoms with Gasteiger partial charge in [0.2, 0.25) is 0 Å². The molecule has 9 heteroatoms. The zero-order chi connectivity index (χ0) is 22.5. The molecule has 4 heterocycles. The van der Waals surface area contributed by atoms with Crippen molar-refractivity contribution in [3.63, 3.8) is 0 Å². The van der Waals surface area contributed by atoms with E-state index in [2.05, 4.69) is 27.1 Å². The van der Waals surface area contributed by atoms with Crippen LogP contribution in [-0.2, 0) is 4.74 Å². The smallest absolute Gasteiger partial charge is 0.410 e. The van der Waals surface area contributed by atoms with E-state index in [1.807, 2.05) is 27.0 Å². The first-order valence-electron chi connectivity index (χ1n) is 10.0. The zero-order valence-electron chi connectivity index (χ0n) is 18.0. The van der Waals surface area contributed by atoms with E-state index in [-0.39, 0.29) is 34.8 Å². The molecule has 31 heavy (non-hydrogen) atoms. The fourth-order valence-corrected chi connectivity index (χ4v) is 4.89. The van der Waals surface area contributed by atoms with E-state index in [4.69, 9.17) is 16.3 Å². The van der Waals surface area contributed by atoms with Crippen LogP contribution in [0.15, 0.2) is 11.2 Å². The molecular weight excluding hydrogens is 439 g/mol. The second kappa shape index (κ2) is 8.03. The number of nitrogens with zero attached hydrogens (tertiary/aromatic N) is 3. The number of rotatable bonds is 3. The van der Waals surface area contributed by atoms with Crippen LogP contribution in [0.2, 0.25) is 5.15 Å². The number of carbonyl (C=O) groups excluding carboxylic acids is 1. The number of carbonyl (C=O) groups is 1. The standard InChI is InChI=1S/C22H24ClFN4O2S/c1-6-7-12-17(13-9-25-19(23)15(24)18(13)27-20(12)31-5)26-16-11-8-14(16)28(10-11)21(29)30-22(2,3)4/h9,11,14,16H,8,10H2,1-5H3,(H,26,27). The second-order valence-corrected chi connectivity index (χ2v) is 9.89. The molecule has 1 saturated carbocycles. The number of thioether (sulfide) groups is 1. The number of nitrogens with one attached hydrogen (secondary N) is 1. The van der Waals surface area contributed by atoms with E-state index in [9.17, 15) is 9.18 Å². The maximum atomic E-state index is 14.7. The molecule has 164 valence electrons. The van der Waals surface area contributed by atoms with Gasteiger partial charge in [-0.25, -0.2) is 19.2 Å². The maximum Gasteiger partial charge on any atom is 0.410 e. The Balaban J connectivity index is 1.72. The first-order chi connectivity index (χ1) is 14.6. The summed E-state index contributed by atoms with van der Waals surface area (Å²) in [6.07, 6.45) is 3.99. The largest absolute Gasteiger partial charge is 0.444 e. The highest BCUT2D eigenvalue weighted by Crippen LogP contribution is 2.45. The summed E-state index contributed by atoms with van der Waals surface area (Å²) >= 11 is 7.30. The van der Waals surface area contributed by atoms with Gasteiger partial charge in [0.05, 0.1) is 23.3 Å². The minimum Gasteiger partial charge on any atom is -0.444 e. The van der Waals surface area contributed by atoms with Gasteiger partial charge in [-0.05, 0) is 40.4 Å². The van der Waals surface area contributed by atoms with Gasteiger partial charge in [-0.15, -0.1) is 17.7 Å². The van der Waals surface area contributed by atoms with E-state index in [1.165, 1.54) is 18.0 Å². The number of aromatic nitrogens is 2. The summed E-state index contributed by atoms with van der Waals surface area (Å²) in [4.78, 5) is 22.9. The van der Waals surface area contributed by atoms with Gasteiger partial charge in [-0.1, -0.05) is 17.5 Å². The third kappa shape index (κ3) is 3.90. The molecule has 5 rings (SSSR count). The van der Waals surface area contributed by atoms with Crippen LogP contribution in [0.25, 0.3) is 10.9 Å². The lowest BCUT2D eigenvalue weighted by atomic mass is 9.79. The zero-order valence-corrected chi connectivity index (χ0v) is 19.6. The van der Waals surface area contributed by atoms with Crippen molar-refractivity contribution in [3.05, 3.63) is 22.7 Å². The lowest BCUT2D eigenvalue weighted by Gasteiger charge is -2.38. The van der Waals surface area contributed by atoms with E-state index < -0.39 is 11.4 Å². The van der Waals surface area contributed by atoms with Gasteiger partial charge in [0.25, 0.3) is 0 Å². The molecule has 2 aromatic heterocycles. The van der Waals surface area contributed by atoms with Crippen LogP contribution >= 0.6 is 23.4 Å². The molecule has 3 unspecified atom stereocenters. The molecule has 1 N–H and O–H groups in total. The molecule has 3 fully saturated rings. The fourth-order valence-electron chi connectivity index (χ4n) is 4.22. The molecular formula is C22H24ClFN4O2S. The SMILES string of the molecule is CC#Cc1c(SC)nc2c(F)c(Cl)ncc2c1NC1C2CC1N(C(=O)OC(C)(C)C)C2. The summed E-state index contributed by atoms with van der Waals surface area (Å²) in [7, 11) is 0. The molecule has 3 aliphatic rings. The Morgan fingerprint density at radius 2 is 2.19 bits per heavy atom. The summed E-state index contributed by atoms with van der Waals surface area (Å²) in [6, 6.07) is 0.0253. The fraction of sp³-hybridized carbons (Fsp3) is 0.500. The molecule has 2 aromatic rings. The van der Waals surface area contributed by atoms with Crippen molar-refractivity contribution in [3.8, 4) is 11.8 Å². The number of fused-ring (bicyclic) bond motifs is 2. The number of hydrogen-bond acceptors (Lipinski definition) is 6. The van der Waals surface area contributed by atoms with Gasteiger partial charge in [-0.3, -0.25) is 0 Å². The molecule has 1 aliphatic carbocycles. The van der Waals surface area contributed by atoms with Crippen molar-refractivity contribution in [1.29, 1.82) is 0 Å². The Labute approximate surface area is 190 Å². The molecule has 2 bridgehead atoms. The Hall–Kier alpha value is -2.24. The van der Waals surface area contributed by atoms with Gasteiger partial charge >= 0.3 is 6.09 Å². The molecule has 2 aliphatic heterocycles. The molecule has 6 nitrogen and oxygen atoms in total. The van der Waals surface area contributed by atoms with Crippen molar-refractivity contribution in [2.75, 3.05) is 18.1 Å². The molecule has 3 atom stereocenters. The third-order valence-electron chi connectivity index (χ3n) is 5.58. The van der Waals surface area contributed by atoms with Gasteiger partial charge in [0, 0.05) is 24.0 Å². The molecule has 0 aromatic carbocycles. The molecule has 0 spiro atoms. The highest BCUT2D eigenvalue weighted by molar-refractivity contribution is 7.98. The monoisotopic (exact) mass is 462 g/mol. The molecule has 2 saturated heterocycles. The van der Waals surface area contributed by atoms with Gasteiger partial charge in [0.1, 0.15) is 16.1 Å². The maximum absolute atomic E-state index is 14.7. The van der Waals surface area contributed by atoms with Gasteiger partial charge in [-0.2, -0.15) is 0 Å². The highest BCUT2D eigenvalue weighted by atomic mass is 35.5. The van der Waals surface area contributed by atoms with Crippen molar-refractivity contribution in [1.82, 2.24) is 14.9 Å². The van der Waals surface area contributed by atoms with Crippen LogP contribution in [-0.4, -0.2) is 51.4 Å². The van der Waals surface area contributed by atoms with Crippen molar-refractivity contribution < 1.29 is 13.9 Å². The first kappa shape index (κ1) is 22.0. The van der Waals surface area contributed by atoms with Gasteiger partial charge in [0.15, 0.2) is 11.0 Å². The average molecular weight is 463 g/mol. The quantitative estimate of drug-likeness (QED) is 0.396. The predicted octanol–water partition coefficient (Wildman–Crippen LogP) is 4.94. The number of hydrogen-bond donors (Lipinski definition) is 1. The number of halogens is 2. The van der Waals surface area contributed by atoms with Crippen LogP contribution in [0.1, 0.15) is 39.7 Å². The topological polar surface area (TPSA) is 67.4 Å². The van der Waals surface area contributed by atoms with Crippen molar-refractivity contribution >= 4 is 46.0 Å². The minimum absolute atomic E-state index is 0.00772. The lowest BCUT2D eigenvalue weighted by Crippen LogP contribution is -2.50. The lowest BCUT2D eigenvalue weighted by molar-refractivity contribution is 0.0239. The summed E-state index contributed by atoms with van der Waals surface area (Å²) < 4.78 is 20.3. The normalized spacial score (nSPS) is 22.0. The Morgan fingerprint density at radius 1 is 1.45 bits per heavy atom. The average Bonchev–Trinajstić information content (AvgIpc) is 3.28. The number of anilines is 1. The summed E-state index contributed by atoms with van der Waals surface area (Å²) in [5.74, 6) is 5.66. The third-order valence-corrected chi connectivity index (χ3v) is 6.52. The van der Waals surface area contributed by atoms with Crippen molar-refractivity contribution in [2.24, 2.45) is 5.92 Å². The Bertz CT molecular complexity index is 1120. The number of ether oxygens (including phenoxy) is 1. The minimum atomic E-state index is -0.652. The van der Waals surface area contributed by atoms with Crippen LogP contribution in [0.5, 0.6) is 0 Å². The molecule has 0 radical (unpaired) electrons. The summed E-state index contributed by atoms with van der Waals surface area (Å²) in [6.45, 7) is 7.95. The Kier molecular flexibility index (Phi) is 5.69. The number of pyridine rings is 2. The summed E-state index contributed by atoms with van der Waals surface area (Å²) in [5, 5.41) is 4.47. The number of amides is 1. The second-order valence-electron chi connectivity index (χ2n) is 8.74. The highest BCUT2D eigenvalue weighted by Gasteiger charge is 2.55. The summed E-state index contributed by atoms with van der Waals surface area (Å²) in [5.41, 5.74) is 0.983. The van der Waals surface area contributed by atoms with E-state index >= 15 is 0 Å². The van der Waals surface area contributed by atoms with E-state index in [0.717, 1.165) is 6.42 Å². The van der Waals surface area contributed by atoms with Crippen LogP contribution < -0.4 is 5.32 Å². The van der Waals surface area contributed by atoms with Gasteiger partial charge < -0.3 is 15.0 Å². The van der Waals surface area contributed by atoms with Crippen LogP contribution in [0.4, 0.5) is 14.9 Å².